The quantitative estimate of drug-likeness (QED) is 0.738. The Morgan fingerprint density at radius 2 is 2.05 bits per heavy atom. The molecule has 22 heavy (non-hydrogen) atoms. The molecule has 0 unspecified atom stereocenters. The maximum absolute atomic E-state index is 14.1. The van der Waals surface area contributed by atoms with Gasteiger partial charge in [0.05, 0.1) is 5.52 Å². The predicted molar refractivity (Wildman–Crippen MR) is 94.5 cm³/mol. The first-order chi connectivity index (χ1) is 10.5. The number of amides is 1. The highest BCUT2D eigenvalue weighted by atomic mass is 127. The first-order valence-electron chi connectivity index (χ1n) is 7.31. The molecule has 0 saturated heterocycles. The Kier molecular flexibility index (Phi) is 6.07. The second-order valence-corrected chi connectivity index (χ2v) is 6.18. The van der Waals surface area contributed by atoms with Gasteiger partial charge in [0.1, 0.15) is 11.5 Å². The molecule has 2 rings (SSSR count). The smallest absolute Gasteiger partial charge is 0.270 e. The number of pyridine rings is 1. The first-order valence-corrected chi connectivity index (χ1v) is 8.39. The summed E-state index contributed by atoms with van der Waals surface area (Å²) in [6, 6.07) is 6.50. The number of hydrogen-bond donors (Lipinski definition) is 1. The minimum atomic E-state index is -0.419. The summed E-state index contributed by atoms with van der Waals surface area (Å²) in [5.74, 6) is -0.760. The predicted octanol–water partition coefficient (Wildman–Crippen LogP) is 3.05. The topological polar surface area (TPSA) is 45.2 Å². The monoisotopic (exact) mass is 415 g/mol. The number of rotatable bonds is 6. The van der Waals surface area contributed by atoms with Gasteiger partial charge in [-0.1, -0.05) is 13.8 Å². The van der Waals surface area contributed by atoms with E-state index in [9.17, 15) is 9.18 Å². The van der Waals surface area contributed by atoms with Crippen LogP contribution in [0.4, 0.5) is 4.39 Å². The third-order valence-electron chi connectivity index (χ3n) is 3.56. The van der Waals surface area contributed by atoms with E-state index in [4.69, 9.17) is 0 Å². The molecular weight excluding hydrogens is 396 g/mol. The second-order valence-electron chi connectivity index (χ2n) is 4.93. The van der Waals surface area contributed by atoms with Crippen LogP contribution in [0.3, 0.4) is 0 Å². The molecule has 1 heterocycles. The first kappa shape index (κ1) is 17.1. The number of fused-ring (bicyclic) bond motifs is 1. The van der Waals surface area contributed by atoms with Crippen molar-refractivity contribution in [2.24, 2.45) is 0 Å². The van der Waals surface area contributed by atoms with E-state index in [1.165, 1.54) is 6.07 Å². The summed E-state index contributed by atoms with van der Waals surface area (Å²) < 4.78 is 15.0. The van der Waals surface area contributed by atoms with Gasteiger partial charge in [0.25, 0.3) is 5.91 Å². The Morgan fingerprint density at radius 3 is 2.73 bits per heavy atom. The average molecular weight is 415 g/mol. The van der Waals surface area contributed by atoms with Crippen molar-refractivity contribution in [1.82, 2.24) is 15.2 Å². The number of nitrogens with zero attached hydrogens (tertiary/aromatic N) is 2. The summed E-state index contributed by atoms with van der Waals surface area (Å²) in [5.41, 5.74) is 0.611. The van der Waals surface area contributed by atoms with Crippen LogP contribution >= 0.6 is 22.6 Å². The highest BCUT2D eigenvalue weighted by Crippen LogP contribution is 2.19. The second kappa shape index (κ2) is 7.82. The summed E-state index contributed by atoms with van der Waals surface area (Å²) in [6.07, 6.45) is 0. The molecule has 1 N–H and O–H groups in total. The zero-order valence-electron chi connectivity index (χ0n) is 12.7. The Bertz CT molecular complexity index is 674. The minimum absolute atomic E-state index is 0.116. The minimum Gasteiger partial charge on any atom is -0.349 e. The van der Waals surface area contributed by atoms with Crippen LogP contribution < -0.4 is 5.32 Å². The van der Waals surface area contributed by atoms with Crippen LogP contribution in [0, 0.1) is 9.39 Å². The lowest BCUT2D eigenvalue weighted by Crippen LogP contribution is -2.35. The highest BCUT2D eigenvalue weighted by Gasteiger charge is 2.12. The van der Waals surface area contributed by atoms with Gasteiger partial charge in [-0.25, -0.2) is 9.37 Å². The number of carbonyl (C=O) groups excluding carboxylic acids is 1. The van der Waals surface area contributed by atoms with E-state index in [-0.39, 0.29) is 11.6 Å². The SMILES string of the molecule is CCN(CC)CCNC(=O)c1cc(F)c2cc(I)ccc2n1. The van der Waals surface area contributed by atoms with Gasteiger partial charge >= 0.3 is 0 Å². The number of benzene rings is 1. The van der Waals surface area contributed by atoms with E-state index in [1.54, 1.807) is 12.1 Å². The lowest BCUT2D eigenvalue weighted by atomic mass is 10.2. The molecule has 0 aliphatic carbocycles. The Morgan fingerprint density at radius 1 is 1.32 bits per heavy atom. The standard InChI is InChI=1S/C16H19FIN3O/c1-3-21(4-2)8-7-19-16(22)15-10-13(17)12-9-11(18)5-6-14(12)20-15/h5-6,9-10H,3-4,7-8H2,1-2H3,(H,19,22). The van der Waals surface area contributed by atoms with Crippen LogP contribution in [0.5, 0.6) is 0 Å². The molecule has 118 valence electrons. The van der Waals surface area contributed by atoms with Gasteiger partial charge in [-0.05, 0) is 53.9 Å². The molecule has 1 amide bonds. The fraction of sp³-hybridized carbons (Fsp3) is 0.375. The molecule has 1 aromatic heterocycles. The number of nitrogens with one attached hydrogen (secondary N) is 1. The van der Waals surface area contributed by atoms with Gasteiger partial charge in [-0.2, -0.15) is 0 Å². The van der Waals surface area contributed by atoms with Crippen LogP contribution in [-0.2, 0) is 0 Å². The van der Waals surface area contributed by atoms with Gasteiger partial charge in [-0.3, -0.25) is 4.79 Å². The fourth-order valence-electron chi connectivity index (χ4n) is 2.23. The van der Waals surface area contributed by atoms with Crippen molar-refractivity contribution in [2.45, 2.75) is 13.8 Å². The molecule has 0 aliphatic heterocycles. The molecule has 6 heteroatoms. The van der Waals surface area contributed by atoms with E-state index < -0.39 is 5.82 Å². The fourth-order valence-corrected chi connectivity index (χ4v) is 2.72. The summed E-state index contributed by atoms with van der Waals surface area (Å²) >= 11 is 2.12. The van der Waals surface area contributed by atoms with Crippen molar-refractivity contribution >= 4 is 39.4 Å². The number of carbonyl (C=O) groups is 1. The van der Waals surface area contributed by atoms with Gasteiger partial charge in [-0.15, -0.1) is 0 Å². The summed E-state index contributed by atoms with van der Waals surface area (Å²) in [5, 5.41) is 3.23. The van der Waals surface area contributed by atoms with Crippen molar-refractivity contribution in [1.29, 1.82) is 0 Å². The molecule has 0 spiro atoms. The van der Waals surface area contributed by atoms with Gasteiger partial charge in [0, 0.05) is 28.1 Å². The van der Waals surface area contributed by atoms with Crippen molar-refractivity contribution in [3.05, 3.63) is 39.3 Å². The maximum atomic E-state index is 14.1. The maximum Gasteiger partial charge on any atom is 0.270 e. The van der Waals surface area contributed by atoms with E-state index in [2.05, 4.69) is 51.6 Å². The average Bonchev–Trinajstić information content (AvgIpc) is 2.52. The molecule has 0 atom stereocenters. The molecule has 0 saturated carbocycles. The van der Waals surface area contributed by atoms with Crippen LogP contribution in [0.2, 0.25) is 0 Å². The van der Waals surface area contributed by atoms with Crippen LogP contribution in [-0.4, -0.2) is 42.0 Å². The molecule has 0 bridgehead atoms. The molecule has 0 radical (unpaired) electrons. The van der Waals surface area contributed by atoms with Crippen LogP contribution in [0.15, 0.2) is 24.3 Å². The van der Waals surface area contributed by atoms with Crippen molar-refractivity contribution in [3.8, 4) is 0 Å². The van der Waals surface area contributed by atoms with Crippen molar-refractivity contribution < 1.29 is 9.18 Å². The molecule has 2 aromatic rings. The Hall–Kier alpha value is -1.28. The normalized spacial score (nSPS) is 11.1. The molecule has 1 aromatic carbocycles. The Labute approximate surface area is 143 Å². The van der Waals surface area contributed by atoms with E-state index >= 15 is 0 Å². The molecule has 4 nitrogen and oxygen atoms in total. The van der Waals surface area contributed by atoms with E-state index in [0.29, 0.717) is 17.4 Å². The van der Waals surface area contributed by atoms with Crippen LogP contribution in [0.25, 0.3) is 10.9 Å². The van der Waals surface area contributed by atoms with E-state index in [0.717, 1.165) is 23.2 Å². The largest absolute Gasteiger partial charge is 0.349 e. The third kappa shape index (κ3) is 4.13. The lowest BCUT2D eigenvalue weighted by Gasteiger charge is -2.17. The molecule has 0 fully saturated rings. The number of hydrogen-bond acceptors (Lipinski definition) is 3. The summed E-state index contributed by atoms with van der Waals surface area (Å²) in [4.78, 5) is 18.6. The zero-order chi connectivity index (χ0) is 16.1. The summed E-state index contributed by atoms with van der Waals surface area (Å²) in [6.45, 7) is 7.32. The van der Waals surface area contributed by atoms with Crippen molar-refractivity contribution in [3.63, 3.8) is 0 Å². The lowest BCUT2D eigenvalue weighted by molar-refractivity contribution is 0.0944. The third-order valence-corrected chi connectivity index (χ3v) is 4.23. The van der Waals surface area contributed by atoms with Gasteiger partial charge in [0.2, 0.25) is 0 Å². The van der Waals surface area contributed by atoms with E-state index in [1.807, 2.05) is 6.07 Å². The van der Waals surface area contributed by atoms with Gasteiger partial charge in [0.15, 0.2) is 0 Å². The van der Waals surface area contributed by atoms with Crippen molar-refractivity contribution in [2.75, 3.05) is 26.2 Å². The van der Waals surface area contributed by atoms with Gasteiger partial charge < -0.3 is 10.2 Å². The zero-order valence-corrected chi connectivity index (χ0v) is 14.9. The molecular formula is C16H19FIN3O. The number of likely N-dealkylation sites (N-methyl/N-ethyl adjacent to an activating group) is 1. The Balaban J connectivity index is 2.10. The van der Waals surface area contributed by atoms with Crippen LogP contribution in [0.1, 0.15) is 24.3 Å². The number of halogens is 2. The summed E-state index contributed by atoms with van der Waals surface area (Å²) in [7, 11) is 0. The molecule has 0 aliphatic rings. The number of aromatic nitrogens is 1. The highest BCUT2D eigenvalue weighted by molar-refractivity contribution is 14.1.